The van der Waals surface area contributed by atoms with Gasteiger partial charge in [0.1, 0.15) is 11.8 Å². The predicted molar refractivity (Wildman–Crippen MR) is 157 cm³/mol. The summed E-state index contributed by atoms with van der Waals surface area (Å²) >= 11 is 6.15. The van der Waals surface area contributed by atoms with Crippen LogP contribution in [0, 0.1) is 17.2 Å². The van der Waals surface area contributed by atoms with Crippen LogP contribution in [0.15, 0.2) is 59.5 Å². The molecule has 0 bridgehead atoms. The van der Waals surface area contributed by atoms with Gasteiger partial charge in [-0.1, -0.05) is 18.5 Å². The first-order chi connectivity index (χ1) is 19.8. The van der Waals surface area contributed by atoms with Crippen molar-refractivity contribution in [2.24, 2.45) is 5.92 Å². The summed E-state index contributed by atoms with van der Waals surface area (Å²) in [5.74, 6) is 0.0877. The van der Waals surface area contributed by atoms with Crippen LogP contribution < -0.4 is 20.9 Å². The molecule has 214 valence electrons. The van der Waals surface area contributed by atoms with Gasteiger partial charge in [-0.2, -0.15) is 5.26 Å². The van der Waals surface area contributed by atoms with E-state index in [1.54, 1.807) is 49.4 Å². The van der Waals surface area contributed by atoms with E-state index in [0.29, 0.717) is 57.7 Å². The molecular weight excluding hydrogens is 544 g/mol. The number of carbonyl (C=O) groups excluding carboxylic acids is 2. The normalized spacial score (nSPS) is 14.1. The number of carbonyl (C=O) groups is 2. The average molecular weight is 577 g/mol. The zero-order valence-electron chi connectivity index (χ0n) is 23.1. The Kier molecular flexibility index (Phi) is 10.2. The molecule has 2 aromatic carbocycles. The van der Waals surface area contributed by atoms with Crippen molar-refractivity contribution in [2.45, 2.75) is 38.6 Å². The maximum absolute atomic E-state index is 13.2. The Morgan fingerprint density at radius 1 is 1.15 bits per heavy atom. The number of nitrogens with zero attached hydrogens (tertiary/aromatic N) is 2. The van der Waals surface area contributed by atoms with Crippen LogP contribution in [0.4, 0.5) is 5.69 Å². The van der Waals surface area contributed by atoms with E-state index in [1.807, 2.05) is 0 Å². The third-order valence-electron chi connectivity index (χ3n) is 7.29. The van der Waals surface area contributed by atoms with Crippen molar-refractivity contribution in [3.8, 4) is 22.9 Å². The Labute approximate surface area is 244 Å². The van der Waals surface area contributed by atoms with E-state index in [2.05, 4.69) is 16.7 Å². The number of amides is 1. The Bertz CT molecular complexity index is 1490. The van der Waals surface area contributed by atoms with Crippen LogP contribution in [0.2, 0.25) is 5.02 Å². The number of nitrogens with one attached hydrogen (secondary N) is 2. The molecule has 3 aromatic rings. The molecule has 1 saturated heterocycles. The average Bonchev–Trinajstić information content (AvgIpc) is 2.99. The third-order valence-corrected chi connectivity index (χ3v) is 7.52. The fourth-order valence-corrected chi connectivity index (χ4v) is 5.15. The van der Waals surface area contributed by atoms with E-state index in [4.69, 9.17) is 21.1 Å². The number of nitriles is 1. The summed E-state index contributed by atoms with van der Waals surface area (Å²) in [6.45, 7) is 4.19. The molecule has 2 N–H and O–H groups in total. The van der Waals surface area contributed by atoms with Gasteiger partial charge < -0.3 is 20.1 Å². The number of benzene rings is 2. The number of pyridine rings is 1. The Hall–Kier alpha value is -4.13. The van der Waals surface area contributed by atoms with E-state index in [1.165, 1.54) is 23.9 Å². The lowest BCUT2D eigenvalue weighted by Crippen LogP contribution is -2.32. The molecule has 41 heavy (non-hydrogen) atoms. The van der Waals surface area contributed by atoms with Gasteiger partial charge in [0, 0.05) is 27.9 Å². The monoisotopic (exact) mass is 576 g/mol. The first kappa shape index (κ1) is 29.8. The molecule has 1 atom stereocenters. The van der Waals surface area contributed by atoms with Gasteiger partial charge in [-0.05, 0) is 87.2 Å². The van der Waals surface area contributed by atoms with Crippen molar-refractivity contribution in [2.75, 3.05) is 32.1 Å². The van der Waals surface area contributed by atoms with Crippen molar-refractivity contribution < 1.29 is 19.1 Å². The van der Waals surface area contributed by atoms with E-state index in [9.17, 15) is 19.6 Å². The largest absolute Gasteiger partial charge is 0.495 e. The molecule has 0 radical (unpaired) electrons. The van der Waals surface area contributed by atoms with Crippen molar-refractivity contribution in [1.29, 1.82) is 5.26 Å². The van der Waals surface area contributed by atoms with Crippen LogP contribution in [0.5, 0.6) is 5.75 Å². The second-order valence-corrected chi connectivity index (χ2v) is 10.3. The van der Waals surface area contributed by atoms with Crippen molar-refractivity contribution in [1.82, 2.24) is 9.88 Å². The molecule has 0 spiro atoms. The van der Waals surface area contributed by atoms with Crippen LogP contribution in [-0.2, 0) is 9.53 Å². The number of rotatable bonds is 10. The summed E-state index contributed by atoms with van der Waals surface area (Å²) in [4.78, 5) is 38.9. The van der Waals surface area contributed by atoms with E-state index >= 15 is 0 Å². The van der Waals surface area contributed by atoms with Gasteiger partial charge in [-0.3, -0.25) is 14.2 Å². The summed E-state index contributed by atoms with van der Waals surface area (Å²) < 4.78 is 12.3. The summed E-state index contributed by atoms with van der Waals surface area (Å²) in [6, 6.07) is 13.8. The number of halogens is 1. The fraction of sp³-hybridized carbons (Fsp3) is 0.355. The highest BCUT2D eigenvalue weighted by Crippen LogP contribution is 2.33. The highest BCUT2D eigenvalue weighted by Gasteiger charge is 2.23. The predicted octanol–water partition coefficient (Wildman–Crippen LogP) is 5.19. The maximum atomic E-state index is 13.2. The summed E-state index contributed by atoms with van der Waals surface area (Å²) in [7, 11) is 1.45. The van der Waals surface area contributed by atoms with Crippen LogP contribution in [0.25, 0.3) is 11.1 Å². The Morgan fingerprint density at radius 2 is 1.88 bits per heavy atom. The van der Waals surface area contributed by atoms with Gasteiger partial charge in [0.25, 0.3) is 5.56 Å². The lowest BCUT2D eigenvalue weighted by molar-refractivity contribution is -0.119. The lowest BCUT2D eigenvalue weighted by Gasteiger charge is -2.22. The Morgan fingerprint density at radius 3 is 2.54 bits per heavy atom. The van der Waals surface area contributed by atoms with Crippen molar-refractivity contribution in [3.63, 3.8) is 0 Å². The first-order valence-corrected chi connectivity index (χ1v) is 14.0. The van der Waals surface area contributed by atoms with E-state index in [0.717, 1.165) is 32.4 Å². The summed E-state index contributed by atoms with van der Waals surface area (Å²) in [5.41, 5.74) is 1.64. The van der Waals surface area contributed by atoms with Crippen molar-refractivity contribution in [3.05, 3.63) is 81.2 Å². The molecule has 0 aliphatic carbocycles. The van der Waals surface area contributed by atoms with Crippen molar-refractivity contribution >= 4 is 29.2 Å². The third kappa shape index (κ3) is 7.34. The molecule has 1 amide bonds. The number of anilines is 1. The number of hydrogen-bond donors (Lipinski definition) is 2. The van der Waals surface area contributed by atoms with E-state index in [-0.39, 0.29) is 0 Å². The highest BCUT2D eigenvalue weighted by molar-refractivity contribution is 6.31. The first-order valence-electron chi connectivity index (χ1n) is 13.6. The van der Waals surface area contributed by atoms with Crippen LogP contribution >= 0.6 is 11.6 Å². The van der Waals surface area contributed by atoms with Gasteiger partial charge in [-0.25, -0.2) is 4.79 Å². The van der Waals surface area contributed by atoms with Crippen LogP contribution in [0.3, 0.4) is 0 Å². The maximum Gasteiger partial charge on any atom is 0.338 e. The summed E-state index contributed by atoms with van der Waals surface area (Å²) in [5, 5.41) is 16.1. The zero-order chi connectivity index (χ0) is 29.4. The summed E-state index contributed by atoms with van der Waals surface area (Å²) in [6.07, 6.45) is 4.84. The van der Waals surface area contributed by atoms with Crippen LogP contribution in [-0.4, -0.2) is 43.2 Å². The second kappa shape index (κ2) is 14.0. The molecule has 1 unspecified atom stereocenters. The molecule has 1 aliphatic rings. The quantitative estimate of drug-likeness (QED) is 0.319. The van der Waals surface area contributed by atoms with Crippen LogP contribution in [0.1, 0.15) is 54.6 Å². The number of esters is 1. The molecule has 10 heteroatoms. The van der Waals surface area contributed by atoms with Gasteiger partial charge in [-0.15, -0.1) is 0 Å². The topological polar surface area (TPSA) is 122 Å². The van der Waals surface area contributed by atoms with Gasteiger partial charge >= 0.3 is 5.97 Å². The van der Waals surface area contributed by atoms with Gasteiger partial charge in [0.15, 0.2) is 0 Å². The van der Waals surface area contributed by atoms with E-state index < -0.39 is 23.5 Å². The number of piperidine rings is 1. The number of ether oxygens (including phenoxy) is 2. The SMILES string of the molecule is CCC(C(=O)Nc1ccc(C(=O)OCCC2CCNCC2)cc1)n1cc(OC)c(-c2cc(Cl)ccc2C#N)cc1=O. The molecule has 0 saturated carbocycles. The minimum absolute atomic E-state index is 0.317. The minimum Gasteiger partial charge on any atom is -0.495 e. The molecular formula is C31H33ClN4O5. The zero-order valence-corrected chi connectivity index (χ0v) is 23.9. The van der Waals surface area contributed by atoms with Gasteiger partial charge in [0.05, 0.1) is 37.1 Å². The second-order valence-electron chi connectivity index (χ2n) is 9.91. The molecule has 1 aliphatic heterocycles. The molecule has 1 fully saturated rings. The molecule has 1 aromatic heterocycles. The van der Waals surface area contributed by atoms with Gasteiger partial charge in [0.2, 0.25) is 5.91 Å². The standard InChI is InChI=1S/C31H33ClN4O5/c1-3-27(36-19-28(40-2)26(17-29(36)37)25-16-23(32)7-4-22(25)18-33)30(38)35-24-8-5-21(6-9-24)31(39)41-15-12-20-10-13-34-14-11-20/h4-9,16-17,19-20,27,34H,3,10-15H2,1-2H3,(H,35,38). The fourth-order valence-electron chi connectivity index (χ4n) is 4.98. The highest BCUT2D eigenvalue weighted by atomic mass is 35.5. The minimum atomic E-state index is -0.833. The smallest absolute Gasteiger partial charge is 0.338 e. The number of hydrogen-bond acceptors (Lipinski definition) is 7. The molecule has 9 nitrogen and oxygen atoms in total. The lowest BCUT2D eigenvalue weighted by atomic mass is 9.95. The Balaban J connectivity index is 1.45. The number of aromatic nitrogens is 1. The molecule has 4 rings (SSSR count). The molecule has 2 heterocycles. The number of methoxy groups -OCH3 is 1.